The van der Waals surface area contributed by atoms with E-state index in [1.165, 1.54) is 30.0 Å². The molecule has 5 nitrogen and oxygen atoms in total. The summed E-state index contributed by atoms with van der Waals surface area (Å²) < 4.78 is 55.2. The van der Waals surface area contributed by atoms with Crippen LogP contribution in [0.3, 0.4) is 0 Å². The largest absolute Gasteiger partial charge is 0.496 e. The van der Waals surface area contributed by atoms with Crippen LogP contribution in [0.1, 0.15) is 5.56 Å². The molecule has 0 unspecified atom stereocenters. The highest BCUT2D eigenvalue weighted by molar-refractivity contribution is 7.87. The average Bonchev–Trinajstić information content (AvgIpc) is 2.25. The van der Waals surface area contributed by atoms with E-state index < -0.39 is 28.2 Å². The van der Waals surface area contributed by atoms with Gasteiger partial charge in [0.1, 0.15) is 5.75 Å². The molecular weight excluding hydrogens is 290 g/mol. The number of nitrogens with one attached hydrogen (secondary N) is 1. The molecule has 102 valence electrons. The standard InChI is InChI=1S/C9H11ClF2N2O3S/c1-17-7-4-2-3-6(10)8(7)9(11,12)5-14-18(13,15)16/h2-4,14H,5H2,1H3,(H2,13,15,16). The highest BCUT2D eigenvalue weighted by Crippen LogP contribution is 2.39. The molecule has 1 aromatic rings. The Bertz CT molecular complexity index is 537. The molecule has 0 atom stereocenters. The van der Waals surface area contributed by atoms with Gasteiger partial charge in [0, 0.05) is 0 Å². The third-order valence-electron chi connectivity index (χ3n) is 2.06. The summed E-state index contributed by atoms with van der Waals surface area (Å²) in [5.74, 6) is -3.68. The maximum absolute atomic E-state index is 13.8. The van der Waals surface area contributed by atoms with E-state index >= 15 is 0 Å². The van der Waals surface area contributed by atoms with Gasteiger partial charge in [0.2, 0.25) is 0 Å². The van der Waals surface area contributed by atoms with Gasteiger partial charge in [-0.2, -0.15) is 21.9 Å². The first-order valence-corrected chi connectivity index (χ1v) is 6.58. The summed E-state index contributed by atoms with van der Waals surface area (Å²) in [5.41, 5.74) is -0.592. The van der Waals surface area contributed by atoms with Crippen molar-refractivity contribution in [2.24, 2.45) is 5.14 Å². The van der Waals surface area contributed by atoms with Gasteiger partial charge in [-0.15, -0.1) is 0 Å². The van der Waals surface area contributed by atoms with Crippen LogP contribution >= 0.6 is 11.6 Å². The molecule has 18 heavy (non-hydrogen) atoms. The first-order valence-electron chi connectivity index (χ1n) is 4.65. The normalized spacial score (nSPS) is 12.5. The maximum atomic E-state index is 13.8. The number of halogens is 3. The lowest BCUT2D eigenvalue weighted by Crippen LogP contribution is -2.39. The number of hydrogen-bond donors (Lipinski definition) is 2. The van der Waals surface area contributed by atoms with Crippen molar-refractivity contribution in [3.8, 4) is 5.75 Å². The van der Waals surface area contributed by atoms with Gasteiger partial charge in [0.15, 0.2) is 0 Å². The zero-order valence-corrected chi connectivity index (χ0v) is 10.9. The second kappa shape index (κ2) is 5.35. The molecule has 0 fully saturated rings. The third kappa shape index (κ3) is 3.77. The summed E-state index contributed by atoms with van der Waals surface area (Å²) in [6, 6.07) is 3.99. The number of ether oxygens (including phenoxy) is 1. The summed E-state index contributed by atoms with van der Waals surface area (Å²) in [6.45, 7) is -1.20. The van der Waals surface area contributed by atoms with Crippen LogP contribution < -0.4 is 14.6 Å². The Morgan fingerprint density at radius 2 is 2.11 bits per heavy atom. The van der Waals surface area contributed by atoms with Crippen LogP contribution in [0.15, 0.2) is 18.2 Å². The Labute approximate surface area is 108 Å². The van der Waals surface area contributed by atoms with Crippen LogP contribution in [0.5, 0.6) is 5.75 Å². The predicted molar refractivity (Wildman–Crippen MR) is 63.0 cm³/mol. The molecule has 0 aliphatic heterocycles. The third-order valence-corrected chi connectivity index (χ3v) is 2.92. The quantitative estimate of drug-likeness (QED) is 0.858. The average molecular weight is 301 g/mol. The minimum Gasteiger partial charge on any atom is -0.496 e. The molecule has 0 bridgehead atoms. The van der Waals surface area contributed by atoms with Crippen molar-refractivity contribution in [1.82, 2.24) is 4.72 Å². The van der Waals surface area contributed by atoms with E-state index in [0.717, 1.165) is 0 Å². The molecule has 0 amide bonds. The number of alkyl halides is 2. The summed E-state index contributed by atoms with van der Waals surface area (Å²) in [5, 5.41) is 4.37. The van der Waals surface area contributed by atoms with Crippen LogP contribution in [0.4, 0.5) is 8.78 Å². The van der Waals surface area contributed by atoms with E-state index in [4.69, 9.17) is 16.3 Å². The number of methoxy groups -OCH3 is 1. The minimum absolute atomic E-state index is 0.135. The number of hydrogen-bond acceptors (Lipinski definition) is 3. The van der Waals surface area contributed by atoms with Crippen molar-refractivity contribution in [1.29, 1.82) is 0 Å². The van der Waals surface area contributed by atoms with Gasteiger partial charge < -0.3 is 4.74 Å². The van der Waals surface area contributed by atoms with Crippen molar-refractivity contribution in [3.05, 3.63) is 28.8 Å². The molecule has 0 heterocycles. The summed E-state index contributed by atoms with van der Waals surface area (Å²) in [7, 11) is -3.00. The summed E-state index contributed by atoms with van der Waals surface area (Å²) in [4.78, 5) is 0. The Morgan fingerprint density at radius 1 is 1.50 bits per heavy atom. The van der Waals surface area contributed by atoms with Crippen LogP contribution in [0, 0.1) is 0 Å². The number of nitrogens with two attached hydrogens (primary N) is 1. The molecule has 0 aliphatic carbocycles. The number of rotatable bonds is 5. The van der Waals surface area contributed by atoms with Crippen molar-refractivity contribution in [2.75, 3.05) is 13.7 Å². The molecule has 3 N–H and O–H groups in total. The number of benzene rings is 1. The molecule has 9 heteroatoms. The minimum atomic E-state index is -4.21. The van der Waals surface area contributed by atoms with E-state index in [2.05, 4.69) is 5.14 Å². The van der Waals surface area contributed by atoms with Crippen molar-refractivity contribution >= 4 is 21.8 Å². The molecule has 1 aromatic carbocycles. The van der Waals surface area contributed by atoms with Gasteiger partial charge in [-0.25, -0.2) is 5.14 Å². The van der Waals surface area contributed by atoms with Crippen molar-refractivity contribution in [3.63, 3.8) is 0 Å². The van der Waals surface area contributed by atoms with Gasteiger partial charge in [0.25, 0.3) is 16.1 Å². The lowest BCUT2D eigenvalue weighted by atomic mass is 10.1. The van der Waals surface area contributed by atoms with Crippen LogP contribution in [-0.4, -0.2) is 22.1 Å². The van der Waals surface area contributed by atoms with Gasteiger partial charge in [-0.05, 0) is 12.1 Å². The van der Waals surface area contributed by atoms with Gasteiger partial charge in [0.05, 0.1) is 24.2 Å². The fourth-order valence-corrected chi connectivity index (χ4v) is 2.00. The molecule has 0 saturated heterocycles. The predicted octanol–water partition coefficient (Wildman–Crippen LogP) is 1.23. The van der Waals surface area contributed by atoms with Gasteiger partial charge in [-0.3, -0.25) is 0 Å². The Balaban J connectivity index is 3.11. The zero-order valence-electron chi connectivity index (χ0n) is 9.28. The summed E-state index contributed by atoms with van der Waals surface area (Å²) >= 11 is 5.67. The molecule has 0 aliphatic rings. The molecular formula is C9H11ClF2N2O3S. The highest BCUT2D eigenvalue weighted by Gasteiger charge is 2.37. The summed E-state index contributed by atoms with van der Waals surface area (Å²) in [6.07, 6.45) is 0. The fraction of sp³-hybridized carbons (Fsp3) is 0.333. The maximum Gasteiger partial charge on any atom is 0.291 e. The van der Waals surface area contributed by atoms with E-state index in [-0.39, 0.29) is 10.8 Å². The molecule has 0 saturated carbocycles. The zero-order chi connectivity index (χ0) is 14.0. The van der Waals surface area contributed by atoms with Crippen molar-refractivity contribution in [2.45, 2.75) is 5.92 Å². The molecule has 0 radical (unpaired) electrons. The second-order valence-electron chi connectivity index (χ2n) is 3.39. The smallest absolute Gasteiger partial charge is 0.291 e. The second-order valence-corrected chi connectivity index (χ2v) is 5.17. The Morgan fingerprint density at radius 3 is 2.61 bits per heavy atom. The van der Waals surface area contributed by atoms with Crippen LogP contribution in [0.2, 0.25) is 5.02 Å². The first kappa shape index (κ1) is 15.1. The highest BCUT2D eigenvalue weighted by atomic mass is 35.5. The monoisotopic (exact) mass is 300 g/mol. The molecule has 0 aromatic heterocycles. The first-order chi connectivity index (χ1) is 8.17. The Kier molecular flexibility index (Phi) is 4.49. The molecule has 1 rings (SSSR count). The van der Waals surface area contributed by atoms with Gasteiger partial charge in [-0.1, -0.05) is 17.7 Å². The lowest BCUT2D eigenvalue weighted by Gasteiger charge is -2.20. The fourth-order valence-electron chi connectivity index (χ4n) is 1.31. The Hall–Kier alpha value is -0.960. The van der Waals surface area contributed by atoms with E-state index in [0.29, 0.717) is 0 Å². The van der Waals surface area contributed by atoms with Gasteiger partial charge >= 0.3 is 0 Å². The topological polar surface area (TPSA) is 81.4 Å². The van der Waals surface area contributed by atoms with Crippen LogP contribution in [0.25, 0.3) is 0 Å². The van der Waals surface area contributed by atoms with E-state index in [9.17, 15) is 17.2 Å². The van der Waals surface area contributed by atoms with Crippen molar-refractivity contribution < 1.29 is 21.9 Å². The SMILES string of the molecule is COc1cccc(Cl)c1C(F)(F)CNS(N)(=O)=O. The van der Waals surface area contributed by atoms with E-state index in [1.807, 2.05) is 0 Å². The lowest BCUT2D eigenvalue weighted by molar-refractivity contribution is 0.00000320. The van der Waals surface area contributed by atoms with E-state index in [1.54, 1.807) is 0 Å². The molecule has 0 spiro atoms. The van der Waals surface area contributed by atoms with Crippen LogP contribution in [-0.2, 0) is 16.1 Å².